The highest BCUT2D eigenvalue weighted by Gasteiger charge is 2.20. The van der Waals surface area contributed by atoms with Crippen molar-refractivity contribution in [2.75, 3.05) is 18.0 Å². The molecule has 0 fully saturated rings. The Labute approximate surface area is 143 Å². The molecule has 0 atom stereocenters. The number of rotatable bonds is 2. The predicted molar refractivity (Wildman–Crippen MR) is 89.0 cm³/mol. The van der Waals surface area contributed by atoms with Crippen molar-refractivity contribution in [3.05, 3.63) is 65.9 Å². The van der Waals surface area contributed by atoms with Crippen molar-refractivity contribution in [3.8, 4) is 11.3 Å². The lowest BCUT2D eigenvalue weighted by atomic mass is 10.0. The van der Waals surface area contributed by atoms with Gasteiger partial charge in [0.05, 0.1) is 18.1 Å². The van der Waals surface area contributed by atoms with E-state index in [9.17, 15) is 8.78 Å². The number of aromatic nitrogens is 4. The topological polar surface area (TPSA) is 54.8 Å². The minimum Gasteiger partial charge on any atom is -0.340 e. The van der Waals surface area contributed by atoms with E-state index in [1.807, 2.05) is 4.90 Å². The van der Waals surface area contributed by atoms with Gasteiger partial charge in [-0.3, -0.25) is 0 Å². The summed E-state index contributed by atoms with van der Waals surface area (Å²) in [4.78, 5) is 18.9. The van der Waals surface area contributed by atoms with Gasteiger partial charge < -0.3 is 4.90 Å². The van der Waals surface area contributed by atoms with E-state index in [4.69, 9.17) is 0 Å². The van der Waals surface area contributed by atoms with E-state index in [0.29, 0.717) is 31.9 Å². The highest BCUT2D eigenvalue weighted by molar-refractivity contribution is 5.64. The number of halogens is 2. The van der Waals surface area contributed by atoms with E-state index < -0.39 is 5.82 Å². The molecule has 0 unspecified atom stereocenters. The molecule has 2 aromatic heterocycles. The van der Waals surface area contributed by atoms with Crippen LogP contribution in [0.15, 0.2) is 43.0 Å². The number of benzene rings is 1. The van der Waals surface area contributed by atoms with Crippen LogP contribution in [0.4, 0.5) is 14.7 Å². The van der Waals surface area contributed by atoms with Crippen molar-refractivity contribution in [2.24, 2.45) is 0 Å². The normalized spacial score (nSPS) is 14.1. The van der Waals surface area contributed by atoms with Crippen molar-refractivity contribution in [1.29, 1.82) is 0 Å². The van der Waals surface area contributed by atoms with Gasteiger partial charge >= 0.3 is 0 Å². The largest absolute Gasteiger partial charge is 0.340 e. The molecule has 0 bridgehead atoms. The summed E-state index contributed by atoms with van der Waals surface area (Å²) in [7, 11) is 0. The molecule has 5 nitrogen and oxygen atoms in total. The molecule has 0 saturated heterocycles. The molecule has 3 aromatic rings. The number of hydrogen-bond acceptors (Lipinski definition) is 5. The Balaban J connectivity index is 1.64. The average Bonchev–Trinajstić information content (AvgIpc) is 2.86. The molecule has 0 radical (unpaired) electrons. The van der Waals surface area contributed by atoms with Gasteiger partial charge in [-0.05, 0) is 30.7 Å². The van der Waals surface area contributed by atoms with Gasteiger partial charge in [-0.2, -0.15) is 0 Å². The van der Waals surface area contributed by atoms with Gasteiger partial charge in [0.1, 0.15) is 12.1 Å². The first-order valence-electron chi connectivity index (χ1n) is 8.02. The lowest BCUT2D eigenvalue weighted by molar-refractivity contribution is 0.610. The number of anilines is 1. The maximum Gasteiger partial charge on any atom is 0.225 e. The van der Waals surface area contributed by atoms with Crippen molar-refractivity contribution in [2.45, 2.75) is 12.8 Å². The summed E-state index contributed by atoms with van der Waals surface area (Å²) in [6.45, 7) is 1.37. The van der Waals surface area contributed by atoms with Gasteiger partial charge in [-0.15, -0.1) is 0 Å². The molecule has 1 aromatic carbocycles. The van der Waals surface area contributed by atoms with Crippen LogP contribution < -0.4 is 4.90 Å². The lowest BCUT2D eigenvalue weighted by Gasteiger charge is -2.19. The van der Waals surface area contributed by atoms with Crippen LogP contribution in [0.2, 0.25) is 0 Å². The van der Waals surface area contributed by atoms with E-state index in [1.54, 1.807) is 18.5 Å². The average molecular weight is 339 g/mol. The summed E-state index contributed by atoms with van der Waals surface area (Å²) in [5.41, 5.74) is 3.72. The van der Waals surface area contributed by atoms with Crippen LogP contribution in [0.3, 0.4) is 0 Å². The molecule has 1 aliphatic rings. The molecule has 0 amide bonds. The quantitative estimate of drug-likeness (QED) is 0.719. The third-order valence-electron chi connectivity index (χ3n) is 4.29. The zero-order valence-corrected chi connectivity index (χ0v) is 13.4. The molecule has 4 rings (SSSR count). The van der Waals surface area contributed by atoms with Crippen LogP contribution in [0.5, 0.6) is 0 Å². The van der Waals surface area contributed by atoms with E-state index in [0.717, 1.165) is 22.5 Å². The molecule has 1 aliphatic heterocycles. The minimum absolute atomic E-state index is 0.275. The van der Waals surface area contributed by atoms with E-state index in [1.165, 1.54) is 24.5 Å². The first-order chi connectivity index (χ1) is 12.2. The Bertz CT molecular complexity index is 881. The number of fused-ring (bicyclic) bond motifs is 1. The second-order valence-electron chi connectivity index (χ2n) is 5.84. The van der Waals surface area contributed by atoms with Gasteiger partial charge in [0.2, 0.25) is 5.95 Å². The predicted octanol–water partition coefficient (Wildman–Crippen LogP) is 2.82. The van der Waals surface area contributed by atoms with E-state index >= 15 is 0 Å². The van der Waals surface area contributed by atoms with Crippen molar-refractivity contribution < 1.29 is 8.78 Å². The number of hydrogen-bond donors (Lipinski definition) is 0. The fraction of sp³-hybridized carbons (Fsp3) is 0.222. The molecular formula is C18H15F2N5. The van der Waals surface area contributed by atoms with Gasteiger partial charge in [-0.25, -0.2) is 28.7 Å². The Morgan fingerprint density at radius 2 is 1.52 bits per heavy atom. The van der Waals surface area contributed by atoms with Gasteiger partial charge in [0.25, 0.3) is 0 Å². The van der Waals surface area contributed by atoms with E-state index in [2.05, 4.69) is 19.9 Å². The fourth-order valence-corrected chi connectivity index (χ4v) is 3.05. The zero-order valence-electron chi connectivity index (χ0n) is 13.4. The molecule has 0 spiro atoms. The molecule has 25 heavy (non-hydrogen) atoms. The highest BCUT2D eigenvalue weighted by Crippen LogP contribution is 2.26. The van der Waals surface area contributed by atoms with Crippen LogP contribution >= 0.6 is 0 Å². The smallest absolute Gasteiger partial charge is 0.225 e. The molecule has 3 heterocycles. The Morgan fingerprint density at radius 1 is 0.800 bits per heavy atom. The summed E-state index contributed by atoms with van der Waals surface area (Å²) >= 11 is 0. The molecule has 126 valence electrons. The summed E-state index contributed by atoms with van der Waals surface area (Å²) in [6, 6.07) is 6.31. The fourth-order valence-electron chi connectivity index (χ4n) is 3.05. The summed E-state index contributed by atoms with van der Waals surface area (Å²) in [6.07, 6.45) is 5.31. The van der Waals surface area contributed by atoms with Crippen molar-refractivity contribution in [1.82, 2.24) is 19.9 Å². The van der Waals surface area contributed by atoms with Crippen LogP contribution in [0.1, 0.15) is 11.3 Å². The monoisotopic (exact) mass is 339 g/mol. The SMILES string of the molecule is Fc1ccc(-c2ncnc3c2CCN(c2ncc(F)cn2)CC3)cc1. The Kier molecular flexibility index (Phi) is 4.05. The third-order valence-corrected chi connectivity index (χ3v) is 4.29. The van der Waals surface area contributed by atoms with Gasteiger partial charge in [0, 0.05) is 36.3 Å². The minimum atomic E-state index is -0.452. The Hall–Kier alpha value is -2.96. The molecule has 0 aliphatic carbocycles. The maximum atomic E-state index is 13.2. The first kappa shape index (κ1) is 15.6. The lowest BCUT2D eigenvalue weighted by Crippen LogP contribution is -2.27. The molecule has 7 heteroatoms. The standard InChI is InChI=1S/C18H15F2N5/c19-13-3-1-12(2-4-13)17-15-5-7-25(8-6-16(15)23-11-24-17)18-21-9-14(20)10-22-18/h1-4,9-11H,5-8H2. The van der Waals surface area contributed by atoms with Gasteiger partial charge in [-0.1, -0.05) is 0 Å². The third kappa shape index (κ3) is 3.17. The van der Waals surface area contributed by atoms with E-state index in [-0.39, 0.29) is 5.82 Å². The second kappa shape index (κ2) is 6.51. The van der Waals surface area contributed by atoms with Crippen molar-refractivity contribution in [3.63, 3.8) is 0 Å². The summed E-state index contributed by atoms with van der Waals surface area (Å²) in [5, 5.41) is 0. The molecule has 0 saturated carbocycles. The highest BCUT2D eigenvalue weighted by atomic mass is 19.1. The second-order valence-corrected chi connectivity index (χ2v) is 5.84. The maximum absolute atomic E-state index is 13.2. The zero-order chi connectivity index (χ0) is 17.2. The van der Waals surface area contributed by atoms with Crippen LogP contribution in [0, 0.1) is 11.6 Å². The number of nitrogens with zero attached hydrogens (tertiary/aromatic N) is 5. The molecule has 0 N–H and O–H groups in total. The first-order valence-corrected chi connectivity index (χ1v) is 8.02. The van der Waals surface area contributed by atoms with Crippen LogP contribution in [-0.2, 0) is 12.8 Å². The summed E-state index contributed by atoms with van der Waals surface area (Å²) in [5.74, 6) is -0.222. The Morgan fingerprint density at radius 3 is 2.28 bits per heavy atom. The summed E-state index contributed by atoms with van der Waals surface area (Å²) < 4.78 is 26.2. The van der Waals surface area contributed by atoms with Crippen molar-refractivity contribution >= 4 is 5.95 Å². The van der Waals surface area contributed by atoms with Gasteiger partial charge in [0.15, 0.2) is 5.82 Å². The molecular weight excluding hydrogens is 324 g/mol. The van der Waals surface area contributed by atoms with Crippen LogP contribution in [-0.4, -0.2) is 33.0 Å². The van der Waals surface area contributed by atoms with Crippen LogP contribution in [0.25, 0.3) is 11.3 Å².